The molecule has 0 aliphatic carbocycles. The summed E-state index contributed by atoms with van der Waals surface area (Å²) in [5.41, 5.74) is 3.73. The van der Waals surface area contributed by atoms with Gasteiger partial charge < -0.3 is 9.47 Å². The van der Waals surface area contributed by atoms with Crippen molar-refractivity contribution in [3.63, 3.8) is 0 Å². The molecule has 4 rings (SSSR count). The minimum Gasteiger partial charge on any atom is -0.494 e. The van der Waals surface area contributed by atoms with E-state index >= 15 is 0 Å². The minimum absolute atomic E-state index is 0.561. The molecule has 0 aliphatic rings. The quantitative estimate of drug-likeness (QED) is 0.302. The van der Waals surface area contributed by atoms with Gasteiger partial charge in [0.2, 0.25) is 5.95 Å². The van der Waals surface area contributed by atoms with Crippen molar-refractivity contribution in [2.45, 2.75) is 20.4 Å². The first kappa shape index (κ1) is 21.7. The zero-order valence-electron chi connectivity index (χ0n) is 18.4. The SMILES string of the molecule is COc1cccc(OC)c1-n1c(NSCCn2cc(C)cn2)nnc1-c1cncc(C)c1. The molecule has 9 nitrogen and oxygen atoms in total. The van der Waals surface area contributed by atoms with Gasteiger partial charge in [-0.3, -0.25) is 19.0 Å². The summed E-state index contributed by atoms with van der Waals surface area (Å²) >= 11 is 1.53. The molecule has 0 bridgehead atoms. The number of benzene rings is 1. The van der Waals surface area contributed by atoms with Crippen LogP contribution >= 0.6 is 11.9 Å². The van der Waals surface area contributed by atoms with Gasteiger partial charge in [0.15, 0.2) is 5.82 Å². The normalized spacial score (nSPS) is 10.9. The van der Waals surface area contributed by atoms with Gasteiger partial charge in [-0.1, -0.05) is 6.07 Å². The first-order chi connectivity index (χ1) is 15.6. The van der Waals surface area contributed by atoms with E-state index in [1.807, 2.05) is 59.8 Å². The standard InChI is InChI=1S/C22H25N7O2S/c1-15-10-17(13-23-11-15)21-25-26-22(27-32-9-8-28-14-16(2)12-24-28)29(21)20-18(30-3)6-5-7-19(20)31-4/h5-7,10-14H,8-9H2,1-4H3,(H,26,27). The Morgan fingerprint density at radius 2 is 1.78 bits per heavy atom. The van der Waals surface area contributed by atoms with Crippen LogP contribution in [0.5, 0.6) is 11.5 Å². The predicted molar refractivity (Wildman–Crippen MR) is 125 cm³/mol. The maximum Gasteiger partial charge on any atom is 0.239 e. The molecule has 166 valence electrons. The van der Waals surface area contributed by atoms with Crippen molar-refractivity contribution in [3.8, 4) is 28.6 Å². The highest BCUT2D eigenvalue weighted by molar-refractivity contribution is 8.00. The molecule has 0 saturated carbocycles. The van der Waals surface area contributed by atoms with Crippen molar-refractivity contribution in [2.75, 3.05) is 24.7 Å². The van der Waals surface area contributed by atoms with Gasteiger partial charge >= 0.3 is 0 Å². The molecule has 0 atom stereocenters. The van der Waals surface area contributed by atoms with Crippen LogP contribution in [0.25, 0.3) is 17.1 Å². The van der Waals surface area contributed by atoms with Gasteiger partial charge in [-0.15, -0.1) is 10.2 Å². The molecule has 0 spiro atoms. The predicted octanol–water partition coefficient (Wildman–Crippen LogP) is 3.92. The number of hydrogen-bond acceptors (Lipinski definition) is 8. The fraction of sp³-hybridized carbons (Fsp3) is 0.273. The highest BCUT2D eigenvalue weighted by atomic mass is 32.2. The summed E-state index contributed by atoms with van der Waals surface area (Å²) < 4.78 is 18.4. The van der Waals surface area contributed by atoms with Crippen molar-refractivity contribution in [1.29, 1.82) is 0 Å². The number of methoxy groups -OCH3 is 2. The lowest BCUT2D eigenvalue weighted by molar-refractivity contribution is 0.391. The van der Waals surface area contributed by atoms with E-state index in [-0.39, 0.29) is 0 Å². The highest BCUT2D eigenvalue weighted by Gasteiger charge is 2.22. The van der Waals surface area contributed by atoms with Gasteiger partial charge in [0.05, 0.1) is 27.0 Å². The number of aromatic nitrogens is 6. The van der Waals surface area contributed by atoms with E-state index in [0.717, 1.165) is 29.0 Å². The molecule has 10 heteroatoms. The molecule has 0 aliphatic heterocycles. The topological polar surface area (TPSA) is 91.9 Å². The van der Waals surface area contributed by atoms with E-state index in [2.05, 4.69) is 25.0 Å². The van der Waals surface area contributed by atoms with Crippen LogP contribution in [0.3, 0.4) is 0 Å². The molecule has 0 saturated heterocycles. The van der Waals surface area contributed by atoms with Crippen LogP contribution in [-0.2, 0) is 6.54 Å². The lowest BCUT2D eigenvalue weighted by atomic mass is 10.2. The van der Waals surface area contributed by atoms with Crippen LogP contribution < -0.4 is 14.2 Å². The number of nitrogens with one attached hydrogen (secondary N) is 1. The fourth-order valence-electron chi connectivity index (χ4n) is 3.32. The third-order valence-corrected chi connectivity index (χ3v) is 5.48. The molecule has 32 heavy (non-hydrogen) atoms. The smallest absolute Gasteiger partial charge is 0.239 e. The van der Waals surface area contributed by atoms with Gasteiger partial charge in [-0.25, -0.2) is 0 Å². The molecule has 0 amide bonds. The van der Waals surface area contributed by atoms with Crippen LogP contribution in [0, 0.1) is 13.8 Å². The van der Waals surface area contributed by atoms with E-state index in [1.54, 1.807) is 26.6 Å². The van der Waals surface area contributed by atoms with Crippen molar-refractivity contribution in [3.05, 3.63) is 60.2 Å². The van der Waals surface area contributed by atoms with E-state index in [9.17, 15) is 0 Å². The van der Waals surface area contributed by atoms with E-state index in [4.69, 9.17) is 9.47 Å². The maximum atomic E-state index is 5.65. The summed E-state index contributed by atoms with van der Waals surface area (Å²) in [6.45, 7) is 4.79. The van der Waals surface area contributed by atoms with Crippen molar-refractivity contribution < 1.29 is 9.47 Å². The highest BCUT2D eigenvalue weighted by Crippen LogP contribution is 2.37. The Kier molecular flexibility index (Phi) is 6.60. The Hall–Kier alpha value is -3.53. The molecule has 0 unspecified atom stereocenters. The van der Waals surface area contributed by atoms with Crippen molar-refractivity contribution in [1.82, 2.24) is 29.5 Å². The summed E-state index contributed by atoms with van der Waals surface area (Å²) in [6.07, 6.45) is 7.45. The van der Waals surface area contributed by atoms with E-state index in [1.165, 1.54) is 11.9 Å². The third-order valence-electron chi connectivity index (χ3n) is 4.77. The van der Waals surface area contributed by atoms with Crippen LogP contribution in [0.2, 0.25) is 0 Å². The zero-order chi connectivity index (χ0) is 22.5. The monoisotopic (exact) mass is 451 g/mol. The molecule has 1 aromatic carbocycles. The molecule has 4 aromatic rings. The number of pyridine rings is 1. The average Bonchev–Trinajstić information content (AvgIpc) is 3.41. The second-order valence-corrected chi connectivity index (χ2v) is 8.08. The molecule has 3 heterocycles. The lowest BCUT2D eigenvalue weighted by Gasteiger charge is -2.17. The minimum atomic E-state index is 0.561. The molecule has 3 aromatic heterocycles. The summed E-state index contributed by atoms with van der Waals surface area (Å²) in [6, 6.07) is 7.67. The first-order valence-electron chi connectivity index (χ1n) is 10.1. The summed E-state index contributed by atoms with van der Waals surface area (Å²) in [4.78, 5) is 4.32. The van der Waals surface area contributed by atoms with Gasteiger partial charge in [0, 0.05) is 29.9 Å². The van der Waals surface area contributed by atoms with Gasteiger partial charge in [0.1, 0.15) is 17.2 Å². The number of nitrogens with zero attached hydrogens (tertiary/aromatic N) is 6. The molecule has 0 radical (unpaired) electrons. The Balaban J connectivity index is 1.70. The Morgan fingerprint density at radius 1 is 1.00 bits per heavy atom. The largest absolute Gasteiger partial charge is 0.494 e. The molecular formula is C22H25N7O2S. The van der Waals surface area contributed by atoms with E-state index < -0.39 is 0 Å². The number of para-hydroxylation sites is 1. The zero-order valence-corrected chi connectivity index (χ0v) is 19.3. The Bertz CT molecular complexity index is 1180. The van der Waals surface area contributed by atoms with Crippen LogP contribution in [-0.4, -0.2) is 49.5 Å². The van der Waals surface area contributed by atoms with Crippen molar-refractivity contribution in [2.24, 2.45) is 0 Å². The van der Waals surface area contributed by atoms with Crippen LogP contribution in [0.4, 0.5) is 5.95 Å². The Labute approximate surface area is 190 Å². The number of ether oxygens (including phenoxy) is 2. The van der Waals surface area contributed by atoms with E-state index in [0.29, 0.717) is 29.0 Å². The molecule has 1 N–H and O–H groups in total. The van der Waals surface area contributed by atoms with Crippen LogP contribution in [0.1, 0.15) is 11.1 Å². The number of aryl methyl sites for hydroxylation is 3. The van der Waals surface area contributed by atoms with Gasteiger partial charge in [-0.05, 0) is 55.1 Å². The summed E-state index contributed by atoms with van der Waals surface area (Å²) in [5.74, 6) is 3.27. The number of anilines is 1. The fourth-order valence-corrected chi connectivity index (χ4v) is 3.96. The Morgan fingerprint density at radius 3 is 2.44 bits per heavy atom. The molecular weight excluding hydrogens is 426 g/mol. The van der Waals surface area contributed by atoms with Gasteiger partial charge in [-0.2, -0.15) is 5.10 Å². The number of rotatable bonds is 9. The van der Waals surface area contributed by atoms with Crippen LogP contribution in [0.15, 0.2) is 49.1 Å². The average molecular weight is 452 g/mol. The second-order valence-electron chi connectivity index (χ2n) is 7.18. The molecule has 0 fully saturated rings. The first-order valence-corrected chi connectivity index (χ1v) is 11.0. The summed E-state index contributed by atoms with van der Waals surface area (Å²) in [5, 5.41) is 13.2. The second kappa shape index (κ2) is 9.73. The maximum absolute atomic E-state index is 5.65. The number of hydrogen-bond donors (Lipinski definition) is 1. The summed E-state index contributed by atoms with van der Waals surface area (Å²) in [7, 11) is 3.26. The van der Waals surface area contributed by atoms with Crippen molar-refractivity contribution >= 4 is 17.9 Å². The third kappa shape index (κ3) is 4.54. The lowest BCUT2D eigenvalue weighted by Crippen LogP contribution is -2.08. The van der Waals surface area contributed by atoms with Gasteiger partial charge in [0.25, 0.3) is 0 Å².